The lowest BCUT2D eigenvalue weighted by Crippen LogP contribution is -2.69. The number of fused-ring (bicyclic) bond motifs is 7. The van der Waals surface area contributed by atoms with Gasteiger partial charge in [0.25, 0.3) is 0 Å². The average Bonchev–Trinajstić information content (AvgIpc) is 3.17. The molecule has 15 heteroatoms. The molecule has 0 bridgehead atoms. The van der Waals surface area contributed by atoms with E-state index in [1.165, 1.54) is 5.57 Å². The van der Waals surface area contributed by atoms with Crippen molar-refractivity contribution in [2.45, 2.75) is 161 Å². The molecule has 8 N–H and O–H groups in total. The molecule has 5 aliphatic carbocycles. The fraction of sp³-hybridized carbons (Fsp3) is 0.860. The number of aliphatic hydroxyl groups is 8. The zero-order valence-corrected chi connectivity index (χ0v) is 34.9. The molecule has 0 aromatic heterocycles. The van der Waals surface area contributed by atoms with E-state index >= 15 is 0 Å². The lowest BCUT2D eigenvalue weighted by molar-refractivity contribution is -0.304. The van der Waals surface area contributed by atoms with Crippen molar-refractivity contribution in [1.29, 1.82) is 0 Å². The molecule has 18 unspecified atom stereocenters. The van der Waals surface area contributed by atoms with Crippen LogP contribution in [0.2, 0.25) is 0 Å². The van der Waals surface area contributed by atoms with Crippen molar-refractivity contribution in [3.8, 4) is 0 Å². The van der Waals surface area contributed by atoms with E-state index in [4.69, 9.17) is 23.7 Å². The van der Waals surface area contributed by atoms with Crippen molar-refractivity contribution in [3.63, 3.8) is 0 Å². The molecule has 15 nitrogen and oxygen atoms in total. The highest BCUT2D eigenvalue weighted by Crippen LogP contribution is 2.76. The van der Waals surface area contributed by atoms with E-state index in [1.54, 1.807) is 0 Å². The van der Waals surface area contributed by atoms with Gasteiger partial charge in [0.1, 0.15) is 36.6 Å². The number of carbonyl (C=O) groups is 2. The summed E-state index contributed by atoms with van der Waals surface area (Å²) in [6.07, 6.45) is -5.26. The second-order valence-corrected chi connectivity index (χ2v) is 20.5. The third-order valence-electron chi connectivity index (χ3n) is 17.0. The molecule has 18 atom stereocenters. The maximum absolute atomic E-state index is 14.6. The summed E-state index contributed by atoms with van der Waals surface area (Å²) in [7, 11) is 1.16. The zero-order chi connectivity index (χ0) is 42.5. The minimum atomic E-state index is -1.70. The summed E-state index contributed by atoms with van der Waals surface area (Å²) in [6.45, 7) is 12.2. The monoisotopic (exact) mass is 822 g/mol. The number of allylic oxidation sites excluding steroid dienone is 2. The average molecular weight is 823 g/mol. The first kappa shape index (κ1) is 43.9. The first-order valence-corrected chi connectivity index (χ1v) is 21.1. The minimum Gasteiger partial charge on any atom is -0.463 e. The van der Waals surface area contributed by atoms with E-state index < -0.39 is 96.2 Å². The van der Waals surface area contributed by atoms with E-state index in [9.17, 15) is 50.4 Å². The van der Waals surface area contributed by atoms with E-state index in [0.717, 1.165) is 32.4 Å². The number of hydrogen-bond acceptors (Lipinski definition) is 15. The van der Waals surface area contributed by atoms with Crippen molar-refractivity contribution in [2.75, 3.05) is 20.3 Å². The van der Waals surface area contributed by atoms with Gasteiger partial charge in [0.15, 0.2) is 0 Å². The van der Waals surface area contributed by atoms with Gasteiger partial charge in [-0.2, -0.15) is 0 Å². The molecular formula is C43H66O15. The van der Waals surface area contributed by atoms with Crippen LogP contribution in [0.25, 0.3) is 0 Å². The molecule has 0 aromatic rings. The largest absolute Gasteiger partial charge is 0.463 e. The maximum atomic E-state index is 14.6. The Hall–Kier alpha value is -2.18. The quantitative estimate of drug-likeness (QED) is 0.134. The number of hydrogen-bond donors (Lipinski definition) is 8. The third-order valence-corrected chi connectivity index (χ3v) is 17.0. The highest BCUT2D eigenvalue weighted by molar-refractivity contribution is 5.86. The second-order valence-electron chi connectivity index (χ2n) is 20.5. The number of ether oxygens (including phenoxy) is 5. The molecule has 7 rings (SSSR count). The molecule has 0 aromatic carbocycles. The molecule has 2 heterocycles. The van der Waals surface area contributed by atoms with Gasteiger partial charge in [-0.3, -0.25) is 4.79 Å². The molecule has 5 fully saturated rings. The van der Waals surface area contributed by atoms with Crippen LogP contribution < -0.4 is 0 Å². The Kier molecular flexibility index (Phi) is 11.4. The lowest BCUT2D eigenvalue weighted by atomic mass is 9.33. The molecule has 4 saturated carbocycles. The van der Waals surface area contributed by atoms with E-state index in [1.807, 2.05) is 6.92 Å². The SMILES string of the molecule is COC(=O)C1=CC(O)C(O)C(OC2C(O)CC3(C)C(CCC4(C)C3CC=C3C5CC(C)(C)CCC5(C(=O)OC5OC(CO)C(O)C(O)C5O)CCC34C)C2(C)CO)O1. The molecule has 58 heavy (non-hydrogen) atoms. The molecule has 2 aliphatic heterocycles. The van der Waals surface area contributed by atoms with Crippen LogP contribution in [0.15, 0.2) is 23.5 Å². The fourth-order valence-corrected chi connectivity index (χ4v) is 13.5. The van der Waals surface area contributed by atoms with E-state index in [0.29, 0.717) is 38.5 Å². The Bertz CT molecular complexity index is 1660. The highest BCUT2D eigenvalue weighted by Gasteiger charge is 2.71. The minimum absolute atomic E-state index is 0.0614. The molecule has 328 valence electrons. The molecule has 7 aliphatic rings. The fourth-order valence-electron chi connectivity index (χ4n) is 13.5. The van der Waals surface area contributed by atoms with Gasteiger partial charge in [-0.25, -0.2) is 4.79 Å². The molecule has 0 radical (unpaired) electrons. The van der Waals surface area contributed by atoms with Crippen molar-refractivity contribution in [3.05, 3.63) is 23.5 Å². The van der Waals surface area contributed by atoms with Crippen molar-refractivity contribution in [2.24, 2.45) is 50.2 Å². The van der Waals surface area contributed by atoms with Crippen LogP contribution in [-0.2, 0) is 33.3 Å². The van der Waals surface area contributed by atoms with Crippen molar-refractivity contribution < 1.29 is 74.1 Å². The molecule has 1 saturated heterocycles. The van der Waals surface area contributed by atoms with Gasteiger partial charge in [-0.05, 0) is 103 Å². The van der Waals surface area contributed by atoms with Gasteiger partial charge in [0.05, 0.1) is 37.9 Å². The summed E-state index contributed by atoms with van der Waals surface area (Å²) in [5.74, 6) is -1.95. The summed E-state index contributed by atoms with van der Waals surface area (Å²) in [5, 5.41) is 86.0. The topological polar surface area (TPSA) is 242 Å². The lowest BCUT2D eigenvalue weighted by Gasteiger charge is -2.71. The summed E-state index contributed by atoms with van der Waals surface area (Å²) >= 11 is 0. The number of esters is 2. The number of carbonyl (C=O) groups excluding carboxylic acids is 2. The second kappa shape index (κ2) is 15.0. The third kappa shape index (κ3) is 6.43. The first-order chi connectivity index (χ1) is 27.1. The van der Waals surface area contributed by atoms with Crippen LogP contribution in [0.3, 0.4) is 0 Å². The van der Waals surface area contributed by atoms with Gasteiger partial charge >= 0.3 is 11.9 Å². The standard InChI is InChI=1S/C43H66O15/c1-38(2)12-14-43(37(53)58-36-32(51)31(50)30(49)26(19-44)56-36)15-13-41(5)21(22(43)17-38)8-9-28-39(3)18-24(47)33(40(4,20-45)27(39)10-11-42(28,41)6)57-35-29(48)23(46)16-25(55-35)34(52)54-7/h8,16,22-24,26-33,35-36,44-51H,9-15,17-20H2,1-7H3. The summed E-state index contributed by atoms with van der Waals surface area (Å²) in [4.78, 5) is 26.9. The van der Waals surface area contributed by atoms with Crippen LogP contribution in [0.5, 0.6) is 0 Å². The summed E-state index contributed by atoms with van der Waals surface area (Å²) < 4.78 is 28.3. The van der Waals surface area contributed by atoms with Crippen LogP contribution in [-0.4, -0.2) is 135 Å². The molecule has 0 amide bonds. The Morgan fingerprint density at radius 1 is 0.828 bits per heavy atom. The van der Waals surface area contributed by atoms with Crippen LogP contribution in [0, 0.1) is 50.2 Å². The molecular weight excluding hydrogens is 756 g/mol. The number of aliphatic hydroxyl groups excluding tert-OH is 8. The Balaban J connectivity index is 1.19. The van der Waals surface area contributed by atoms with Crippen molar-refractivity contribution >= 4 is 11.9 Å². The van der Waals surface area contributed by atoms with Gasteiger partial charge in [0, 0.05) is 5.41 Å². The Labute approximate surface area is 340 Å². The van der Waals surface area contributed by atoms with Gasteiger partial charge in [-0.1, -0.05) is 53.2 Å². The summed E-state index contributed by atoms with van der Waals surface area (Å²) in [5.41, 5.74) is -1.92. The number of methoxy groups -OCH3 is 1. The van der Waals surface area contributed by atoms with Gasteiger partial charge < -0.3 is 64.5 Å². The van der Waals surface area contributed by atoms with E-state index in [-0.39, 0.29) is 46.4 Å². The number of rotatable bonds is 7. The van der Waals surface area contributed by atoms with E-state index in [2.05, 4.69) is 40.7 Å². The van der Waals surface area contributed by atoms with Crippen LogP contribution >= 0.6 is 0 Å². The first-order valence-electron chi connectivity index (χ1n) is 21.1. The van der Waals surface area contributed by atoms with Gasteiger partial charge in [0.2, 0.25) is 18.3 Å². The van der Waals surface area contributed by atoms with Crippen LogP contribution in [0.4, 0.5) is 0 Å². The normalized spacial score (nSPS) is 51.0. The smallest absolute Gasteiger partial charge is 0.373 e. The van der Waals surface area contributed by atoms with Gasteiger partial charge in [-0.15, -0.1) is 0 Å². The Morgan fingerprint density at radius 3 is 2.17 bits per heavy atom. The van der Waals surface area contributed by atoms with Crippen LogP contribution in [0.1, 0.15) is 99.3 Å². The van der Waals surface area contributed by atoms with Crippen molar-refractivity contribution in [1.82, 2.24) is 0 Å². The zero-order valence-electron chi connectivity index (χ0n) is 34.9. The highest BCUT2D eigenvalue weighted by atomic mass is 16.7. The Morgan fingerprint density at radius 2 is 1.52 bits per heavy atom. The summed E-state index contributed by atoms with van der Waals surface area (Å²) in [6, 6.07) is 0. The molecule has 0 spiro atoms. The maximum Gasteiger partial charge on any atom is 0.373 e. The predicted molar refractivity (Wildman–Crippen MR) is 204 cm³/mol. The predicted octanol–water partition coefficient (Wildman–Crippen LogP) is 1.59.